The van der Waals surface area contributed by atoms with Crippen molar-refractivity contribution in [3.63, 3.8) is 0 Å². The Morgan fingerprint density at radius 1 is 1.27 bits per heavy atom. The summed E-state index contributed by atoms with van der Waals surface area (Å²) in [4.78, 5) is 22.7. The number of carboxylic acids is 1. The zero-order chi connectivity index (χ0) is 10.9. The van der Waals surface area contributed by atoms with Crippen molar-refractivity contribution in [2.24, 2.45) is 11.3 Å². The molecule has 2 aliphatic rings. The molecule has 2 saturated carbocycles. The summed E-state index contributed by atoms with van der Waals surface area (Å²) in [6.07, 6.45) is 6.82. The zero-order valence-electron chi connectivity index (χ0n) is 9.00. The molecule has 0 aromatic carbocycles. The monoisotopic (exact) mass is 210 g/mol. The van der Waals surface area contributed by atoms with E-state index in [2.05, 4.69) is 0 Å². The third-order valence-electron chi connectivity index (χ3n) is 4.13. The van der Waals surface area contributed by atoms with E-state index in [-0.39, 0.29) is 17.1 Å². The van der Waals surface area contributed by atoms with Gasteiger partial charge in [0.2, 0.25) is 0 Å². The van der Waals surface area contributed by atoms with E-state index in [1.54, 1.807) is 0 Å². The molecule has 2 fully saturated rings. The minimum atomic E-state index is -0.690. The van der Waals surface area contributed by atoms with Gasteiger partial charge in [-0.2, -0.15) is 0 Å². The van der Waals surface area contributed by atoms with E-state index in [1.165, 1.54) is 0 Å². The van der Waals surface area contributed by atoms with E-state index < -0.39 is 5.97 Å². The largest absolute Gasteiger partial charge is 0.481 e. The summed E-state index contributed by atoms with van der Waals surface area (Å²) in [7, 11) is 0. The Morgan fingerprint density at radius 2 is 2.00 bits per heavy atom. The molecular formula is C12H18O3. The molecule has 2 rings (SSSR count). The second-order valence-electron chi connectivity index (χ2n) is 5.07. The Bertz CT molecular complexity index is 281. The topological polar surface area (TPSA) is 54.4 Å². The maximum absolute atomic E-state index is 11.5. The molecule has 0 saturated heterocycles. The van der Waals surface area contributed by atoms with Crippen molar-refractivity contribution in [2.75, 3.05) is 0 Å². The number of carbonyl (C=O) groups is 2. The fourth-order valence-corrected chi connectivity index (χ4v) is 3.41. The van der Waals surface area contributed by atoms with Crippen molar-refractivity contribution in [1.82, 2.24) is 0 Å². The highest BCUT2D eigenvalue weighted by molar-refractivity contribution is 5.81. The minimum Gasteiger partial charge on any atom is -0.481 e. The van der Waals surface area contributed by atoms with Crippen LogP contribution in [0.1, 0.15) is 51.4 Å². The molecule has 0 amide bonds. The summed E-state index contributed by atoms with van der Waals surface area (Å²) in [5.74, 6) is -0.686. The second-order valence-corrected chi connectivity index (χ2v) is 5.07. The maximum Gasteiger partial charge on any atom is 0.307 e. The molecule has 3 heteroatoms. The van der Waals surface area contributed by atoms with Crippen LogP contribution in [0, 0.1) is 11.3 Å². The lowest BCUT2D eigenvalue weighted by molar-refractivity contribution is -0.151. The summed E-state index contributed by atoms with van der Waals surface area (Å²) in [6, 6.07) is 0. The molecule has 2 aliphatic carbocycles. The van der Waals surface area contributed by atoms with Crippen LogP contribution in [0.25, 0.3) is 0 Å². The second kappa shape index (κ2) is 3.95. The minimum absolute atomic E-state index is 0.181. The average Bonchev–Trinajstić information content (AvgIpc) is 2.17. The highest BCUT2D eigenvalue weighted by Gasteiger charge is 2.46. The van der Waals surface area contributed by atoms with Crippen molar-refractivity contribution < 1.29 is 14.7 Å². The fourth-order valence-electron chi connectivity index (χ4n) is 3.41. The number of hydrogen-bond acceptors (Lipinski definition) is 2. The summed E-state index contributed by atoms with van der Waals surface area (Å²) in [6.45, 7) is 0. The Labute approximate surface area is 89.9 Å². The molecule has 0 aliphatic heterocycles. The lowest BCUT2D eigenvalue weighted by Crippen LogP contribution is -2.42. The first-order valence-corrected chi connectivity index (χ1v) is 5.89. The summed E-state index contributed by atoms with van der Waals surface area (Å²) in [5, 5.41) is 9.23. The SMILES string of the molecule is O=C1CCCC2(CCCCC2C(=O)O)C1. The average molecular weight is 210 g/mol. The van der Waals surface area contributed by atoms with Crippen molar-refractivity contribution >= 4 is 11.8 Å². The van der Waals surface area contributed by atoms with Crippen molar-refractivity contribution in [1.29, 1.82) is 0 Å². The van der Waals surface area contributed by atoms with Crippen LogP contribution in [0.4, 0.5) is 0 Å². The van der Waals surface area contributed by atoms with Gasteiger partial charge in [0, 0.05) is 12.8 Å². The standard InChI is InChI=1S/C12H18O3/c13-9-4-3-7-12(8-9)6-2-1-5-10(12)11(14)15/h10H,1-8H2,(H,14,15). The van der Waals surface area contributed by atoms with E-state index in [1.807, 2.05) is 0 Å². The first-order chi connectivity index (χ1) is 7.14. The third kappa shape index (κ3) is 1.92. The van der Waals surface area contributed by atoms with Crippen LogP contribution in [0.5, 0.6) is 0 Å². The van der Waals surface area contributed by atoms with Gasteiger partial charge in [-0.3, -0.25) is 9.59 Å². The number of ketones is 1. The molecule has 1 N–H and O–H groups in total. The van der Waals surface area contributed by atoms with Crippen LogP contribution in [-0.2, 0) is 9.59 Å². The Kier molecular flexibility index (Phi) is 2.81. The summed E-state index contributed by atoms with van der Waals surface area (Å²) in [5.41, 5.74) is -0.181. The Hall–Kier alpha value is -0.860. The van der Waals surface area contributed by atoms with Crippen molar-refractivity contribution in [3.05, 3.63) is 0 Å². The quantitative estimate of drug-likeness (QED) is 0.723. The van der Waals surface area contributed by atoms with Gasteiger partial charge in [-0.1, -0.05) is 12.8 Å². The lowest BCUT2D eigenvalue weighted by Gasteiger charge is -2.44. The number of carbonyl (C=O) groups excluding carboxylic acids is 1. The van der Waals surface area contributed by atoms with Gasteiger partial charge in [0.15, 0.2) is 0 Å². The zero-order valence-corrected chi connectivity index (χ0v) is 9.00. The van der Waals surface area contributed by atoms with Crippen LogP contribution < -0.4 is 0 Å². The number of hydrogen-bond donors (Lipinski definition) is 1. The summed E-state index contributed by atoms with van der Waals surface area (Å²) >= 11 is 0. The van der Waals surface area contributed by atoms with Crippen LogP contribution >= 0.6 is 0 Å². The Balaban J connectivity index is 2.20. The van der Waals surface area contributed by atoms with Gasteiger partial charge in [-0.15, -0.1) is 0 Å². The Morgan fingerprint density at radius 3 is 2.67 bits per heavy atom. The molecule has 0 bridgehead atoms. The van der Waals surface area contributed by atoms with Crippen molar-refractivity contribution in [3.8, 4) is 0 Å². The fraction of sp³-hybridized carbons (Fsp3) is 0.833. The van der Waals surface area contributed by atoms with E-state index in [4.69, 9.17) is 0 Å². The van der Waals surface area contributed by atoms with Gasteiger partial charge in [-0.05, 0) is 31.1 Å². The molecule has 0 heterocycles. The normalized spacial score (nSPS) is 36.8. The predicted octanol–water partition coefficient (Wildman–Crippen LogP) is 2.39. The number of rotatable bonds is 1. The van der Waals surface area contributed by atoms with E-state index in [0.29, 0.717) is 12.8 Å². The van der Waals surface area contributed by atoms with Gasteiger partial charge >= 0.3 is 5.97 Å². The molecular weight excluding hydrogens is 192 g/mol. The summed E-state index contributed by atoms with van der Waals surface area (Å²) < 4.78 is 0. The highest BCUT2D eigenvalue weighted by Crippen LogP contribution is 2.50. The van der Waals surface area contributed by atoms with Crippen molar-refractivity contribution in [2.45, 2.75) is 51.4 Å². The first-order valence-electron chi connectivity index (χ1n) is 5.89. The molecule has 15 heavy (non-hydrogen) atoms. The van der Waals surface area contributed by atoms with Crippen LogP contribution in [0.2, 0.25) is 0 Å². The molecule has 0 aromatic rings. The van der Waals surface area contributed by atoms with Crippen LogP contribution in [-0.4, -0.2) is 16.9 Å². The third-order valence-corrected chi connectivity index (χ3v) is 4.13. The van der Waals surface area contributed by atoms with Gasteiger partial charge in [-0.25, -0.2) is 0 Å². The highest BCUT2D eigenvalue weighted by atomic mass is 16.4. The number of aliphatic carboxylic acids is 1. The van der Waals surface area contributed by atoms with Gasteiger partial charge in [0.05, 0.1) is 5.92 Å². The number of carboxylic acid groups (broad SMARTS) is 1. The molecule has 3 nitrogen and oxygen atoms in total. The number of Topliss-reactive ketones (excluding diaryl/α,β-unsaturated/α-hetero) is 1. The molecule has 2 unspecified atom stereocenters. The molecule has 84 valence electrons. The maximum atomic E-state index is 11.5. The molecule has 0 aromatic heterocycles. The molecule has 0 radical (unpaired) electrons. The smallest absolute Gasteiger partial charge is 0.307 e. The van der Waals surface area contributed by atoms with E-state index in [0.717, 1.165) is 38.5 Å². The van der Waals surface area contributed by atoms with Gasteiger partial charge in [0.25, 0.3) is 0 Å². The van der Waals surface area contributed by atoms with E-state index in [9.17, 15) is 14.7 Å². The first kappa shape index (κ1) is 10.7. The lowest BCUT2D eigenvalue weighted by atomic mass is 9.59. The van der Waals surface area contributed by atoms with Gasteiger partial charge in [0.1, 0.15) is 5.78 Å². The van der Waals surface area contributed by atoms with Crippen LogP contribution in [0.3, 0.4) is 0 Å². The molecule has 1 spiro atoms. The van der Waals surface area contributed by atoms with Crippen LogP contribution in [0.15, 0.2) is 0 Å². The molecule has 2 atom stereocenters. The predicted molar refractivity (Wildman–Crippen MR) is 55.5 cm³/mol. The van der Waals surface area contributed by atoms with E-state index >= 15 is 0 Å². The van der Waals surface area contributed by atoms with Gasteiger partial charge < -0.3 is 5.11 Å².